The van der Waals surface area contributed by atoms with E-state index < -0.39 is 0 Å². The van der Waals surface area contributed by atoms with Crippen molar-refractivity contribution in [2.45, 2.75) is 20.8 Å². The number of aliphatic hydroxyl groups excluding tert-OH is 1. The normalized spacial score (nSPS) is 10.2. The van der Waals surface area contributed by atoms with Crippen molar-refractivity contribution >= 4 is 16.6 Å². The molecule has 1 aromatic heterocycles. The summed E-state index contributed by atoms with van der Waals surface area (Å²) in [4.78, 5) is 14.4. The van der Waals surface area contributed by atoms with E-state index in [1.165, 1.54) is 30.9 Å². The minimum absolute atomic E-state index is 0. The average Bonchev–Trinajstić information content (AvgIpc) is 2.62. The molecule has 3 aromatic rings. The van der Waals surface area contributed by atoms with Gasteiger partial charge in [-0.05, 0) is 19.9 Å². The Morgan fingerprint density at radius 2 is 1.85 bits per heavy atom. The van der Waals surface area contributed by atoms with Crippen LogP contribution in [0.4, 0.5) is 0 Å². The quantitative estimate of drug-likeness (QED) is 0.287. The van der Waals surface area contributed by atoms with E-state index in [-0.39, 0.29) is 31.6 Å². The first kappa shape index (κ1) is 22.2. The van der Waals surface area contributed by atoms with Crippen LogP contribution in [0.5, 0.6) is 0 Å². The molecule has 5 heteroatoms. The van der Waals surface area contributed by atoms with Gasteiger partial charge in [-0.25, -0.2) is 0 Å². The zero-order valence-corrected chi connectivity index (χ0v) is 17.7. The number of pyridine rings is 1. The molecule has 0 saturated heterocycles. The first-order valence-corrected chi connectivity index (χ1v) is 8.07. The van der Waals surface area contributed by atoms with Crippen molar-refractivity contribution < 1.29 is 30.0 Å². The van der Waals surface area contributed by atoms with E-state index in [9.17, 15) is 10.1 Å². The molecular formula is C22H19IrN2O2-. The largest absolute Gasteiger partial charge is 0.512 e. The number of hydrogen-bond donors (Lipinski definition) is 1. The zero-order chi connectivity index (χ0) is 19.1. The van der Waals surface area contributed by atoms with E-state index in [1.54, 1.807) is 18.3 Å². The van der Waals surface area contributed by atoms with Crippen molar-refractivity contribution in [3.8, 4) is 17.3 Å². The van der Waals surface area contributed by atoms with E-state index in [0.29, 0.717) is 11.3 Å². The van der Waals surface area contributed by atoms with Gasteiger partial charge in [0.1, 0.15) is 0 Å². The van der Waals surface area contributed by atoms with Crippen LogP contribution >= 0.6 is 0 Å². The van der Waals surface area contributed by atoms with Crippen LogP contribution in [0.2, 0.25) is 0 Å². The van der Waals surface area contributed by atoms with Gasteiger partial charge < -0.3 is 10.1 Å². The number of ketones is 1. The van der Waals surface area contributed by atoms with Crippen molar-refractivity contribution in [3.63, 3.8) is 0 Å². The summed E-state index contributed by atoms with van der Waals surface area (Å²) in [5.74, 6) is -0.0625. The molecule has 4 nitrogen and oxygen atoms in total. The number of nitriles is 1. The van der Waals surface area contributed by atoms with Crippen LogP contribution in [-0.4, -0.2) is 15.9 Å². The molecule has 0 fully saturated rings. The number of benzene rings is 2. The Bertz CT molecular complexity index is 1020. The number of fused-ring (bicyclic) bond motifs is 1. The maximum absolute atomic E-state index is 10.0. The molecule has 0 bridgehead atoms. The second kappa shape index (κ2) is 10.4. The molecule has 0 amide bonds. The molecule has 0 unspecified atom stereocenters. The number of aliphatic hydroxyl groups is 1. The predicted molar refractivity (Wildman–Crippen MR) is 103 cm³/mol. The Hall–Kier alpha value is -2.80. The fourth-order valence-electron chi connectivity index (χ4n) is 2.57. The molecule has 3 rings (SSSR count). The Kier molecular flexibility index (Phi) is 8.54. The SMILES string of the molecule is CC(=O)/C=C(/C)O.Cc1c[c-]c(-c2ncccc2C#N)c2ccccc12.[Ir]. The molecule has 1 radical (unpaired) electrons. The first-order valence-electron chi connectivity index (χ1n) is 8.07. The molecule has 0 saturated carbocycles. The van der Waals surface area contributed by atoms with Crippen LogP contribution in [0, 0.1) is 24.3 Å². The van der Waals surface area contributed by atoms with E-state index in [0.717, 1.165) is 10.9 Å². The van der Waals surface area contributed by atoms with Crippen LogP contribution in [-0.2, 0) is 24.9 Å². The van der Waals surface area contributed by atoms with Crippen molar-refractivity contribution in [2.75, 3.05) is 0 Å². The molecule has 2 aromatic carbocycles. The Balaban J connectivity index is 0.000000395. The number of nitrogens with zero attached hydrogens (tertiary/aromatic N) is 2. The molecular weight excluding hydrogens is 516 g/mol. The second-order valence-corrected chi connectivity index (χ2v) is 5.80. The fraction of sp³-hybridized carbons (Fsp3) is 0.136. The van der Waals surface area contributed by atoms with Gasteiger partial charge >= 0.3 is 0 Å². The summed E-state index contributed by atoms with van der Waals surface area (Å²) < 4.78 is 0. The molecule has 0 atom stereocenters. The molecule has 0 aliphatic rings. The Morgan fingerprint density at radius 3 is 2.41 bits per heavy atom. The number of allylic oxidation sites excluding steroid dienone is 2. The molecule has 27 heavy (non-hydrogen) atoms. The number of aryl methyl sites for hydroxylation is 1. The minimum Gasteiger partial charge on any atom is -0.512 e. The van der Waals surface area contributed by atoms with Crippen LogP contribution in [0.15, 0.2) is 60.5 Å². The number of hydrogen-bond acceptors (Lipinski definition) is 4. The molecule has 1 N–H and O–H groups in total. The summed E-state index contributed by atoms with van der Waals surface area (Å²) in [6, 6.07) is 19.1. The summed E-state index contributed by atoms with van der Waals surface area (Å²) in [5, 5.41) is 19.8. The minimum atomic E-state index is -0.125. The Morgan fingerprint density at radius 1 is 1.19 bits per heavy atom. The van der Waals surface area contributed by atoms with Gasteiger partial charge in [0.15, 0.2) is 5.78 Å². The molecule has 0 aliphatic heterocycles. The predicted octanol–water partition coefficient (Wildman–Crippen LogP) is 4.92. The van der Waals surface area contributed by atoms with Gasteiger partial charge in [-0.1, -0.05) is 48.0 Å². The summed E-state index contributed by atoms with van der Waals surface area (Å²) in [6.07, 6.45) is 2.87. The summed E-state index contributed by atoms with van der Waals surface area (Å²) >= 11 is 0. The van der Waals surface area contributed by atoms with Gasteiger partial charge in [-0.3, -0.25) is 4.79 Å². The van der Waals surface area contributed by atoms with Crippen LogP contribution in [0.1, 0.15) is 25.0 Å². The maximum atomic E-state index is 10.0. The molecule has 0 aliphatic carbocycles. The van der Waals surface area contributed by atoms with E-state index in [2.05, 4.69) is 30.1 Å². The van der Waals surface area contributed by atoms with Crippen LogP contribution in [0.3, 0.4) is 0 Å². The number of carbonyl (C=O) groups excluding carboxylic acids is 1. The molecule has 139 valence electrons. The van der Waals surface area contributed by atoms with Crippen molar-refractivity contribution in [2.24, 2.45) is 0 Å². The standard InChI is InChI=1S/C17H11N2.C5H8O2.Ir/c1-12-8-9-16(15-7-3-2-6-14(12)15)17-13(11-18)5-4-10-19-17;1-4(6)3-5(2)7;/h2-8,10H,1H3;3,6H,1-2H3;/q-1;;/b;4-3-;. The molecule has 1 heterocycles. The third-order valence-electron chi connectivity index (χ3n) is 3.63. The van der Waals surface area contributed by atoms with E-state index >= 15 is 0 Å². The summed E-state index contributed by atoms with van der Waals surface area (Å²) in [5.41, 5.74) is 3.33. The van der Waals surface area contributed by atoms with E-state index in [1.807, 2.05) is 24.3 Å². The topological polar surface area (TPSA) is 74.0 Å². The summed E-state index contributed by atoms with van der Waals surface area (Å²) in [6.45, 7) is 4.91. The fourth-order valence-corrected chi connectivity index (χ4v) is 2.57. The van der Waals surface area contributed by atoms with Gasteiger partial charge in [0.2, 0.25) is 0 Å². The Labute approximate surface area is 172 Å². The number of aromatic nitrogens is 1. The summed E-state index contributed by atoms with van der Waals surface area (Å²) in [7, 11) is 0. The third kappa shape index (κ3) is 5.85. The van der Waals surface area contributed by atoms with Crippen molar-refractivity contribution in [1.82, 2.24) is 4.98 Å². The van der Waals surface area contributed by atoms with Gasteiger partial charge in [-0.2, -0.15) is 5.26 Å². The van der Waals surface area contributed by atoms with E-state index in [4.69, 9.17) is 5.11 Å². The van der Waals surface area contributed by atoms with Crippen molar-refractivity contribution in [1.29, 1.82) is 5.26 Å². The van der Waals surface area contributed by atoms with Crippen molar-refractivity contribution in [3.05, 3.63) is 77.7 Å². The van der Waals surface area contributed by atoms with Gasteiger partial charge in [0.25, 0.3) is 0 Å². The van der Waals surface area contributed by atoms with Gasteiger partial charge in [0, 0.05) is 43.6 Å². The smallest absolute Gasteiger partial charge is 0.155 e. The van der Waals surface area contributed by atoms with Gasteiger partial charge in [0.05, 0.1) is 11.8 Å². The first-order chi connectivity index (χ1) is 12.4. The molecule has 0 spiro atoms. The second-order valence-electron chi connectivity index (χ2n) is 5.80. The number of carbonyl (C=O) groups is 1. The third-order valence-corrected chi connectivity index (χ3v) is 3.63. The maximum Gasteiger partial charge on any atom is 0.155 e. The van der Waals surface area contributed by atoms with Gasteiger partial charge in [-0.15, -0.1) is 23.3 Å². The van der Waals surface area contributed by atoms with Crippen LogP contribution < -0.4 is 0 Å². The van der Waals surface area contributed by atoms with Crippen LogP contribution in [0.25, 0.3) is 22.0 Å². The average molecular weight is 536 g/mol. The monoisotopic (exact) mass is 536 g/mol. The number of rotatable bonds is 2. The zero-order valence-electron chi connectivity index (χ0n) is 15.3.